The average Bonchev–Trinajstić information content (AvgIpc) is 2.55. The second-order valence-corrected chi connectivity index (χ2v) is 6.83. The van der Waals surface area contributed by atoms with Gasteiger partial charge in [-0.2, -0.15) is 0 Å². The van der Waals surface area contributed by atoms with Gasteiger partial charge in [-0.05, 0) is 60.8 Å². The molecule has 0 heterocycles. The van der Waals surface area contributed by atoms with Gasteiger partial charge in [-0.15, -0.1) is 0 Å². The van der Waals surface area contributed by atoms with Gasteiger partial charge >= 0.3 is 0 Å². The number of hydrogen-bond acceptors (Lipinski definition) is 2. The van der Waals surface area contributed by atoms with Crippen LogP contribution in [0.15, 0.2) is 12.1 Å². The molecule has 2 nitrogen and oxygen atoms in total. The van der Waals surface area contributed by atoms with E-state index in [9.17, 15) is 9.90 Å². The van der Waals surface area contributed by atoms with Crippen molar-refractivity contribution in [2.75, 3.05) is 0 Å². The van der Waals surface area contributed by atoms with E-state index in [4.69, 9.17) is 0 Å². The van der Waals surface area contributed by atoms with Gasteiger partial charge in [0.2, 0.25) is 0 Å². The van der Waals surface area contributed by atoms with Crippen LogP contribution in [0.2, 0.25) is 0 Å². The summed E-state index contributed by atoms with van der Waals surface area (Å²) in [4.78, 5) is 11.8. The van der Waals surface area contributed by atoms with E-state index in [1.54, 1.807) is 0 Å². The van der Waals surface area contributed by atoms with Crippen LogP contribution < -0.4 is 0 Å². The number of carbonyl (C=O) groups is 1. The maximum absolute atomic E-state index is 11.8. The number of aromatic hydroxyl groups is 1. The first-order valence-electron chi connectivity index (χ1n) is 8.61. The number of phenols is 1. The highest BCUT2D eigenvalue weighted by Crippen LogP contribution is 2.41. The molecule has 21 heavy (non-hydrogen) atoms. The fourth-order valence-electron chi connectivity index (χ4n) is 4.32. The second kappa shape index (κ2) is 6.64. The van der Waals surface area contributed by atoms with Gasteiger partial charge in [0.15, 0.2) is 6.29 Å². The minimum atomic E-state index is 0.349. The minimum Gasteiger partial charge on any atom is -0.508 e. The maximum atomic E-state index is 11.8. The average molecular weight is 286 g/mol. The Morgan fingerprint density at radius 1 is 0.810 bits per heavy atom. The number of hydrogen-bond donors (Lipinski definition) is 1. The molecule has 2 fully saturated rings. The highest BCUT2D eigenvalue weighted by molar-refractivity contribution is 5.81. The van der Waals surface area contributed by atoms with E-state index in [0.29, 0.717) is 17.6 Å². The monoisotopic (exact) mass is 286 g/mol. The van der Waals surface area contributed by atoms with E-state index in [1.807, 2.05) is 12.1 Å². The van der Waals surface area contributed by atoms with Crippen LogP contribution in [-0.2, 0) is 0 Å². The smallest absolute Gasteiger partial charge is 0.150 e. The molecule has 114 valence electrons. The Balaban J connectivity index is 1.98. The first-order valence-corrected chi connectivity index (χ1v) is 8.61. The summed E-state index contributed by atoms with van der Waals surface area (Å²) in [5.74, 6) is 1.28. The predicted molar refractivity (Wildman–Crippen MR) is 85.1 cm³/mol. The molecule has 0 bridgehead atoms. The minimum absolute atomic E-state index is 0.349. The molecule has 0 amide bonds. The molecule has 0 unspecified atom stereocenters. The van der Waals surface area contributed by atoms with Crippen LogP contribution in [0.1, 0.15) is 97.5 Å². The lowest BCUT2D eigenvalue weighted by molar-refractivity contribution is 0.112. The van der Waals surface area contributed by atoms with Crippen molar-refractivity contribution < 1.29 is 9.90 Å². The molecule has 0 aliphatic heterocycles. The van der Waals surface area contributed by atoms with Crippen LogP contribution in [0.3, 0.4) is 0 Å². The fraction of sp³-hybridized carbons (Fsp3) is 0.632. The van der Waals surface area contributed by atoms with Crippen molar-refractivity contribution in [2.24, 2.45) is 0 Å². The van der Waals surface area contributed by atoms with Gasteiger partial charge in [-0.25, -0.2) is 0 Å². The van der Waals surface area contributed by atoms with Gasteiger partial charge in [0.05, 0.1) is 0 Å². The van der Waals surface area contributed by atoms with Gasteiger partial charge in [0.1, 0.15) is 5.75 Å². The van der Waals surface area contributed by atoms with Crippen LogP contribution in [0.25, 0.3) is 0 Å². The summed E-state index contributed by atoms with van der Waals surface area (Å²) in [6, 6.07) is 3.71. The number of phenolic OH excluding ortho intramolecular Hbond substituents is 1. The summed E-state index contributed by atoms with van der Waals surface area (Å²) in [7, 11) is 0. The van der Waals surface area contributed by atoms with E-state index >= 15 is 0 Å². The van der Waals surface area contributed by atoms with E-state index < -0.39 is 0 Å². The van der Waals surface area contributed by atoms with Gasteiger partial charge in [0, 0.05) is 5.56 Å². The Bertz CT molecular complexity index is 455. The summed E-state index contributed by atoms with van der Waals surface area (Å²) in [6.07, 6.45) is 13.3. The first-order chi connectivity index (χ1) is 10.3. The number of carbonyl (C=O) groups excluding carboxylic acids is 1. The number of benzene rings is 1. The molecule has 1 aromatic carbocycles. The molecule has 2 aliphatic carbocycles. The first kappa shape index (κ1) is 14.6. The summed E-state index contributed by atoms with van der Waals surface area (Å²) in [6.45, 7) is 0. The van der Waals surface area contributed by atoms with Gasteiger partial charge < -0.3 is 5.11 Å². The second-order valence-electron chi connectivity index (χ2n) is 6.83. The Kier molecular flexibility index (Phi) is 4.62. The highest BCUT2D eigenvalue weighted by Gasteiger charge is 2.25. The summed E-state index contributed by atoms with van der Waals surface area (Å²) in [5, 5.41) is 10.2. The quantitative estimate of drug-likeness (QED) is 0.765. The summed E-state index contributed by atoms with van der Waals surface area (Å²) >= 11 is 0. The summed E-state index contributed by atoms with van der Waals surface area (Å²) < 4.78 is 0. The third-order valence-corrected chi connectivity index (χ3v) is 5.44. The fourth-order valence-corrected chi connectivity index (χ4v) is 4.32. The van der Waals surface area contributed by atoms with Crippen molar-refractivity contribution in [3.8, 4) is 5.75 Å². The van der Waals surface area contributed by atoms with Gasteiger partial charge in [-0.1, -0.05) is 38.5 Å². The number of rotatable bonds is 3. The van der Waals surface area contributed by atoms with Gasteiger partial charge in [0.25, 0.3) is 0 Å². The lowest BCUT2D eigenvalue weighted by Crippen LogP contribution is -2.12. The highest BCUT2D eigenvalue weighted by atomic mass is 16.3. The standard InChI is InChI=1S/C19H26O2/c20-13-19-17(14-7-3-1-4-8-14)11-16(21)12-18(19)15-9-5-2-6-10-15/h11-15,21H,1-10H2. The van der Waals surface area contributed by atoms with E-state index in [2.05, 4.69) is 0 Å². The van der Waals surface area contributed by atoms with Crippen LogP contribution in [0, 0.1) is 0 Å². The molecule has 3 rings (SSSR count). The molecule has 2 aliphatic rings. The van der Waals surface area contributed by atoms with Crippen molar-refractivity contribution >= 4 is 6.29 Å². The zero-order valence-electron chi connectivity index (χ0n) is 12.8. The normalized spacial score (nSPS) is 21.3. The Hall–Kier alpha value is -1.31. The van der Waals surface area contributed by atoms with Crippen molar-refractivity contribution in [3.63, 3.8) is 0 Å². The topological polar surface area (TPSA) is 37.3 Å². The Morgan fingerprint density at radius 2 is 1.24 bits per heavy atom. The van der Waals surface area contributed by atoms with Crippen LogP contribution >= 0.6 is 0 Å². The Labute approximate surface area is 127 Å². The van der Waals surface area contributed by atoms with E-state index in [0.717, 1.165) is 48.7 Å². The van der Waals surface area contributed by atoms with E-state index in [1.165, 1.54) is 38.5 Å². The van der Waals surface area contributed by atoms with Crippen LogP contribution in [0.4, 0.5) is 0 Å². The maximum Gasteiger partial charge on any atom is 0.150 e. The van der Waals surface area contributed by atoms with Crippen LogP contribution in [0.5, 0.6) is 5.75 Å². The third-order valence-electron chi connectivity index (χ3n) is 5.44. The molecule has 1 N–H and O–H groups in total. The third kappa shape index (κ3) is 3.14. The Morgan fingerprint density at radius 3 is 1.62 bits per heavy atom. The molecule has 2 heteroatoms. The zero-order chi connectivity index (χ0) is 14.7. The van der Waals surface area contributed by atoms with Crippen molar-refractivity contribution in [3.05, 3.63) is 28.8 Å². The molecule has 0 saturated heterocycles. The SMILES string of the molecule is O=Cc1c(C2CCCCC2)cc(O)cc1C1CCCCC1. The van der Waals surface area contributed by atoms with Crippen molar-refractivity contribution in [1.82, 2.24) is 0 Å². The molecule has 2 saturated carbocycles. The lowest BCUT2D eigenvalue weighted by atomic mass is 9.77. The molecular weight excluding hydrogens is 260 g/mol. The van der Waals surface area contributed by atoms with Crippen molar-refractivity contribution in [1.29, 1.82) is 0 Å². The molecule has 0 atom stereocenters. The zero-order valence-corrected chi connectivity index (χ0v) is 12.8. The predicted octanol–water partition coefficient (Wildman–Crippen LogP) is 5.30. The van der Waals surface area contributed by atoms with Crippen molar-refractivity contribution in [2.45, 2.75) is 76.0 Å². The van der Waals surface area contributed by atoms with E-state index in [-0.39, 0.29) is 0 Å². The molecule has 1 aromatic rings. The van der Waals surface area contributed by atoms with Crippen LogP contribution in [-0.4, -0.2) is 11.4 Å². The largest absolute Gasteiger partial charge is 0.508 e. The molecule has 0 radical (unpaired) electrons. The molecule has 0 spiro atoms. The lowest BCUT2D eigenvalue weighted by Gasteiger charge is -2.28. The summed E-state index contributed by atoms with van der Waals surface area (Å²) in [5.41, 5.74) is 3.13. The number of aldehydes is 1. The van der Waals surface area contributed by atoms with Gasteiger partial charge in [-0.3, -0.25) is 4.79 Å². The molecule has 0 aromatic heterocycles. The molecular formula is C19H26O2.